The fourth-order valence-corrected chi connectivity index (χ4v) is 3.46. The predicted molar refractivity (Wildman–Crippen MR) is 104 cm³/mol. The second kappa shape index (κ2) is 7.52. The smallest absolute Gasteiger partial charge is 0.232 e. The van der Waals surface area contributed by atoms with Gasteiger partial charge in [0.2, 0.25) is 17.6 Å². The highest BCUT2D eigenvalue weighted by Gasteiger charge is 2.35. The van der Waals surface area contributed by atoms with Crippen LogP contribution in [0, 0.1) is 0 Å². The molecule has 3 aromatic rings. The van der Waals surface area contributed by atoms with Gasteiger partial charge in [-0.05, 0) is 42.5 Å². The number of methoxy groups -OCH3 is 2. The van der Waals surface area contributed by atoms with Crippen LogP contribution in [-0.4, -0.2) is 36.8 Å². The molecule has 0 N–H and O–H groups in total. The molecule has 0 saturated carbocycles. The molecular formula is C20H18ClN3O4. The van der Waals surface area contributed by atoms with Crippen molar-refractivity contribution in [2.45, 2.75) is 12.3 Å². The first kappa shape index (κ1) is 18.3. The topological polar surface area (TPSA) is 77.7 Å². The van der Waals surface area contributed by atoms with Crippen LogP contribution in [0.15, 0.2) is 47.0 Å². The van der Waals surface area contributed by atoms with E-state index in [4.69, 9.17) is 25.6 Å². The molecule has 2 heterocycles. The normalized spacial score (nSPS) is 16.5. The van der Waals surface area contributed by atoms with Crippen LogP contribution >= 0.6 is 11.6 Å². The van der Waals surface area contributed by atoms with Crippen molar-refractivity contribution in [1.82, 2.24) is 10.1 Å². The Morgan fingerprint density at radius 1 is 1.14 bits per heavy atom. The molecule has 28 heavy (non-hydrogen) atoms. The molecule has 4 rings (SSSR count). The lowest BCUT2D eigenvalue weighted by atomic mass is 10.1. The highest BCUT2D eigenvalue weighted by molar-refractivity contribution is 6.32. The Morgan fingerprint density at radius 3 is 2.61 bits per heavy atom. The summed E-state index contributed by atoms with van der Waals surface area (Å²) in [6.07, 6.45) is 0.299. The van der Waals surface area contributed by atoms with E-state index in [1.807, 2.05) is 30.3 Å². The lowest BCUT2D eigenvalue weighted by molar-refractivity contribution is -0.117. The van der Waals surface area contributed by atoms with E-state index in [0.717, 1.165) is 11.3 Å². The van der Waals surface area contributed by atoms with Crippen molar-refractivity contribution < 1.29 is 18.8 Å². The van der Waals surface area contributed by atoms with Crippen LogP contribution in [0.25, 0.3) is 11.4 Å². The minimum absolute atomic E-state index is 0.0181. The van der Waals surface area contributed by atoms with E-state index >= 15 is 0 Å². The number of ether oxygens (including phenoxy) is 2. The molecule has 0 unspecified atom stereocenters. The lowest BCUT2D eigenvalue weighted by Gasteiger charge is -2.17. The summed E-state index contributed by atoms with van der Waals surface area (Å²) in [5.74, 6) is 2.05. The predicted octanol–water partition coefficient (Wildman–Crippen LogP) is 3.93. The number of carbonyl (C=O) groups excluding carboxylic acids is 1. The molecule has 8 heteroatoms. The van der Waals surface area contributed by atoms with Crippen LogP contribution in [0.1, 0.15) is 18.2 Å². The third-order valence-electron chi connectivity index (χ3n) is 4.71. The fourth-order valence-electron chi connectivity index (χ4n) is 3.20. The Morgan fingerprint density at radius 2 is 1.93 bits per heavy atom. The molecule has 2 aromatic carbocycles. The summed E-state index contributed by atoms with van der Waals surface area (Å²) in [7, 11) is 3.16. The zero-order chi connectivity index (χ0) is 19.7. The molecule has 0 bridgehead atoms. The minimum Gasteiger partial charge on any atom is -0.497 e. The molecule has 144 valence electrons. The maximum absolute atomic E-state index is 12.5. The van der Waals surface area contributed by atoms with Gasteiger partial charge >= 0.3 is 0 Å². The standard InChI is InChI=1S/C20H18ClN3O4/c1-26-15-6-3-12(4-7-15)19-22-20(28-23-19)13-9-18(25)24(11-13)14-5-8-17(27-2)16(21)10-14/h3-8,10,13H,9,11H2,1-2H3/t13-/m0/s1. The van der Waals surface area contributed by atoms with Crippen LogP contribution in [0.5, 0.6) is 11.5 Å². The summed E-state index contributed by atoms with van der Waals surface area (Å²) in [5, 5.41) is 4.51. The molecule has 7 nitrogen and oxygen atoms in total. The fraction of sp³-hybridized carbons (Fsp3) is 0.250. The van der Waals surface area contributed by atoms with Crippen LogP contribution in [0.4, 0.5) is 5.69 Å². The number of hydrogen-bond donors (Lipinski definition) is 0. The quantitative estimate of drug-likeness (QED) is 0.647. The number of nitrogens with zero attached hydrogens (tertiary/aromatic N) is 3. The van der Waals surface area contributed by atoms with Crippen molar-refractivity contribution in [2.75, 3.05) is 25.7 Å². The number of amides is 1. The van der Waals surface area contributed by atoms with Crippen LogP contribution < -0.4 is 14.4 Å². The van der Waals surface area contributed by atoms with E-state index in [-0.39, 0.29) is 11.8 Å². The SMILES string of the molecule is COc1ccc(-c2noc([C@H]3CC(=O)N(c4ccc(OC)c(Cl)c4)C3)n2)cc1. The van der Waals surface area contributed by atoms with Gasteiger partial charge < -0.3 is 18.9 Å². The van der Waals surface area contributed by atoms with Gasteiger partial charge in [-0.15, -0.1) is 0 Å². The van der Waals surface area contributed by atoms with E-state index in [2.05, 4.69) is 10.1 Å². The Bertz CT molecular complexity index is 1000. The Labute approximate surface area is 166 Å². The van der Waals surface area contributed by atoms with E-state index in [1.54, 1.807) is 31.3 Å². The minimum atomic E-state index is -0.173. The molecule has 1 aromatic heterocycles. The number of rotatable bonds is 5. The van der Waals surface area contributed by atoms with Gasteiger partial charge in [0.05, 0.1) is 25.2 Å². The van der Waals surface area contributed by atoms with Gasteiger partial charge in [-0.2, -0.15) is 4.98 Å². The molecule has 1 atom stereocenters. The molecule has 0 spiro atoms. The number of anilines is 1. The summed E-state index contributed by atoms with van der Waals surface area (Å²) >= 11 is 6.19. The zero-order valence-electron chi connectivity index (χ0n) is 15.4. The Hall–Kier alpha value is -3.06. The first-order chi connectivity index (χ1) is 13.6. The van der Waals surface area contributed by atoms with Crippen molar-refractivity contribution in [1.29, 1.82) is 0 Å². The monoisotopic (exact) mass is 399 g/mol. The maximum Gasteiger partial charge on any atom is 0.232 e. The number of benzene rings is 2. The molecule has 1 aliphatic rings. The number of halogens is 1. The lowest BCUT2D eigenvalue weighted by Crippen LogP contribution is -2.24. The first-order valence-electron chi connectivity index (χ1n) is 8.71. The summed E-state index contributed by atoms with van der Waals surface area (Å²) in [5.41, 5.74) is 1.53. The Balaban J connectivity index is 1.52. The Kier molecular flexibility index (Phi) is 4.92. The summed E-state index contributed by atoms with van der Waals surface area (Å²) < 4.78 is 15.8. The van der Waals surface area contributed by atoms with Crippen LogP contribution in [0.2, 0.25) is 5.02 Å². The molecule has 1 saturated heterocycles. The number of carbonyl (C=O) groups is 1. The largest absolute Gasteiger partial charge is 0.497 e. The van der Waals surface area contributed by atoms with Crippen molar-refractivity contribution in [3.05, 3.63) is 53.4 Å². The summed E-state index contributed by atoms with van der Waals surface area (Å²) in [6, 6.07) is 12.7. The third-order valence-corrected chi connectivity index (χ3v) is 5.01. The number of aromatic nitrogens is 2. The van der Waals surface area contributed by atoms with Crippen molar-refractivity contribution >= 4 is 23.2 Å². The molecular weight excluding hydrogens is 382 g/mol. The average molecular weight is 400 g/mol. The van der Waals surface area contributed by atoms with Crippen molar-refractivity contribution in [3.63, 3.8) is 0 Å². The van der Waals surface area contributed by atoms with Crippen LogP contribution in [0.3, 0.4) is 0 Å². The summed E-state index contributed by atoms with van der Waals surface area (Å²) in [6.45, 7) is 0.450. The van der Waals surface area contributed by atoms with E-state index in [1.165, 1.54) is 0 Å². The van der Waals surface area contributed by atoms with Crippen molar-refractivity contribution in [3.8, 4) is 22.9 Å². The van der Waals surface area contributed by atoms with E-state index in [0.29, 0.717) is 41.1 Å². The summed E-state index contributed by atoms with van der Waals surface area (Å²) in [4.78, 5) is 18.7. The van der Waals surface area contributed by atoms with Crippen LogP contribution in [-0.2, 0) is 4.79 Å². The maximum atomic E-state index is 12.5. The molecule has 1 fully saturated rings. The van der Waals surface area contributed by atoms with Gasteiger partial charge in [-0.1, -0.05) is 16.8 Å². The van der Waals surface area contributed by atoms with Gasteiger partial charge in [-0.25, -0.2) is 0 Å². The zero-order valence-corrected chi connectivity index (χ0v) is 16.1. The van der Waals surface area contributed by atoms with Gasteiger partial charge in [0.25, 0.3) is 0 Å². The van der Waals surface area contributed by atoms with Gasteiger partial charge in [0.1, 0.15) is 11.5 Å². The van der Waals surface area contributed by atoms with E-state index < -0.39 is 0 Å². The molecule has 0 radical (unpaired) electrons. The molecule has 0 aliphatic carbocycles. The first-order valence-corrected chi connectivity index (χ1v) is 9.08. The second-order valence-corrected chi connectivity index (χ2v) is 6.82. The second-order valence-electron chi connectivity index (χ2n) is 6.41. The van der Waals surface area contributed by atoms with Gasteiger partial charge in [0, 0.05) is 24.2 Å². The highest BCUT2D eigenvalue weighted by Crippen LogP contribution is 2.35. The van der Waals surface area contributed by atoms with Crippen molar-refractivity contribution in [2.24, 2.45) is 0 Å². The molecule has 1 amide bonds. The van der Waals surface area contributed by atoms with E-state index in [9.17, 15) is 4.79 Å². The third kappa shape index (κ3) is 3.41. The number of hydrogen-bond acceptors (Lipinski definition) is 6. The molecule has 1 aliphatic heterocycles. The average Bonchev–Trinajstić information content (AvgIpc) is 3.35. The van der Waals surface area contributed by atoms with Gasteiger partial charge in [-0.3, -0.25) is 4.79 Å². The van der Waals surface area contributed by atoms with Gasteiger partial charge in [0.15, 0.2) is 0 Å². The highest BCUT2D eigenvalue weighted by atomic mass is 35.5.